The monoisotopic (exact) mass is 305 g/mol. The molecule has 7 heteroatoms. The normalized spacial score (nSPS) is 19.4. The van der Waals surface area contributed by atoms with E-state index in [0.717, 1.165) is 0 Å². The number of nitrogens with zero attached hydrogens (tertiary/aromatic N) is 2. The number of carboxylic acid groups (broad SMARTS) is 1. The Hall–Kier alpha value is -1.43. The lowest BCUT2D eigenvalue weighted by Crippen LogP contribution is -2.28. The Morgan fingerprint density at radius 3 is 2.95 bits per heavy atom. The maximum atomic E-state index is 13.4. The lowest BCUT2D eigenvalue weighted by Gasteiger charge is -2.23. The van der Waals surface area contributed by atoms with Crippen molar-refractivity contribution in [3.8, 4) is 0 Å². The van der Waals surface area contributed by atoms with Gasteiger partial charge in [-0.1, -0.05) is 11.6 Å². The number of hydrogen-bond acceptors (Lipinski definition) is 3. The highest BCUT2D eigenvalue weighted by molar-refractivity contribution is 6.31. The van der Waals surface area contributed by atoms with Crippen molar-refractivity contribution in [2.24, 2.45) is 0 Å². The van der Waals surface area contributed by atoms with Crippen LogP contribution in [0.15, 0.2) is 6.07 Å². The number of anilines is 1. The average molecular weight is 306 g/mol. The van der Waals surface area contributed by atoms with Crippen LogP contribution in [0.2, 0.25) is 5.02 Å². The van der Waals surface area contributed by atoms with Crippen LogP contribution in [0.25, 0.3) is 0 Å². The van der Waals surface area contributed by atoms with E-state index in [4.69, 9.17) is 13.0 Å². The smallest absolute Gasteiger partial charge is 0.339 e. The lowest BCUT2D eigenvalue weighted by atomic mass is 10.1. The van der Waals surface area contributed by atoms with Gasteiger partial charge in [0.2, 0.25) is 5.92 Å². The molecule has 0 aliphatic carbocycles. The SMILES string of the molecule is [2H]Cc1nc(N2CCCC(F)(F)CC2)c(C(=O)O)cc1Cl. The molecule has 1 N–H and O–H groups in total. The zero-order chi connectivity index (χ0) is 15.6. The summed E-state index contributed by atoms with van der Waals surface area (Å²) in [6.07, 6.45) is -0.302. The zero-order valence-corrected chi connectivity index (χ0v) is 11.5. The third kappa shape index (κ3) is 3.17. The standard InChI is InChI=1S/C13H15ClF2N2O2/c1-8-10(14)7-9(12(19)20)11(17-8)18-5-2-3-13(15,16)4-6-18/h7H,2-6H2,1H3,(H,19,20)/i1D. The van der Waals surface area contributed by atoms with Crippen LogP contribution in [0.1, 0.15) is 36.7 Å². The van der Waals surface area contributed by atoms with Gasteiger partial charge in [-0.2, -0.15) is 0 Å². The molecular formula is C13H15ClF2N2O2. The first-order chi connectivity index (χ1) is 9.84. The van der Waals surface area contributed by atoms with Crippen molar-refractivity contribution in [1.29, 1.82) is 0 Å². The van der Waals surface area contributed by atoms with Crippen LogP contribution in [0.4, 0.5) is 14.6 Å². The molecule has 1 aliphatic rings. The minimum Gasteiger partial charge on any atom is -0.478 e. The predicted octanol–water partition coefficient (Wildman–Crippen LogP) is 3.37. The molecule has 0 bridgehead atoms. The van der Waals surface area contributed by atoms with Crippen molar-refractivity contribution in [2.45, 2.75) is 32.1 Å². The quantitative estimate of drug-likeness (QED) is 0.910. The van der Waals surface area contributed by atoms with Crippen LogP contribution >= 0.6 is 11.6 Å². The van der Waals surface area contributed by atoms with E-state index in [0.29, 0.717) is 6.54 Å². The Labute approximate surface area is 121 Å². The van der Waals surface area contributed by atoms with Gasteiger partial charge in [-0.05, 0) is 19.4 Å². The van der Waals surface area contributed by atoms with Gasteiger partial charge >= 0.3 is 5.97 Å². The summed E-state index contributed by atoms with van der Waals surface area (Å²) in [6, 6.07) is 1.24. The Kier molecular flexibility index (Phi) is 3.74. The van der Waals surface area contributed by atoms with Crippen LogP contribution in [0.3, 0.4) is 0 Å². The highest BCUT2D eigenvalue weighted by atomic mass is 35.5. The fourth-order valence-electron chi connectivity index (χ4n) is 2.19. The maximum Gasteiger partial charge on any atom is 0.339 e. The van der Waals surface area contributed by atoms with Gasteiger partial charge in [0.25, 0.3) is 0 Å². The molecule has 1 fully saturated rings. The van der Waals surface area contributed by atoms with Gasteiger partial charge in [-0.3, -0.25) is 0 Å². The first kappa shape index (κ1) is 13.5. The zero-order valence-electron chi connectivity index (χ0n) is 11.7. The first-order valence-electron chi connectivity index (χ1n) is 6.89. The number of halogens is 3. The number of aromatic nitrogens is 1. The van der Waals surface area contributed by atoms with Crippen molar-refractivity contribution in [3.63, 3.8) is 0 Å². The van der Waals surface area contributed by atoms with Crippen molar-refractivity contribution in [1.82, 2.24) is 4.98 Å². The molecule has 110 valence electrons. The molecule has 0 atom stereocenters. The van der Waals surface area contributed by atoms with E-state index in [-0.39, 0.29) is 54.8 Å². The Morgan fingerprint density at radius 2 is 2.30 bits per heavy atom. The predicted molar refractivity (Wildman–Crippen MR) is 72.0 cm³/mol. The number of pyridine rings is 1. The molecule has 1 aromatic rings. The number of aryl methyl sites for hydroxylation is 1. The van der Waals surface area contributed by atoms with E-state index in [2.05, 4.69) is 4.98 Å². The summed E-state index contributed by atoms with van der Waals surface area (Å²) in [4.78, 5) is 17.0. The second-order valence-corrected chi connectivity index (χ2v) is 5.20. The van der Waals surface area contributed by atoms with Crippen LogP contribution in [0.5, 0.6) is 0 Å². The Morgan fingerprint density at radius 1 is 1.55 bits per heavy atom. The molecule has 0 amide bonds. The molecule has 4 nitrogen and oxygen atoms in total. The summed E-state index contributed by atoms with van der Waals surface area (Å²) in [6.45, 7) is 0.136. The van der Waals surface area contributed by atoms with Crippen molar-refractivity contribution in [3.05, 3.63) is 22.3 Å². The third-order valence-electron chi connectivity index (χ3n) is 3.28. The van der Waals surface area contributed by atoms with Crippen molar-refractivity contribution < 1.29 is 20.1 Å². The highest BCUT2D eigenvalue weighted by Gasteiger charge is 2.33. The average Bonchev–Trinajstić information content (AvgIpc) is 2.59. The van der Waals surface area contributed by atoms with Gasteiger partial charge in [0.15, 0.2) is 0 Å². The minimum atomic E-state index is -2.73. The topological polar surface area (TPSA) is 53.4 Å². The van der Waals surface area contributed by atoms with E-state index in [9.17, 15) is 18.7 Å². The number of rotatable bonds is 2. The molecule has 1 aliphatic heterocycles. The number of hydrogen-bond donors (Lipinski definition) is 1. The van der Waals surface area contributed by atoms with Gasteiger partial charge in [-0.25, -0.2) is 18.6 Å². The second-order valence-electron chi connectivity index (χ2n) is 4.79. The summed E-state index contributed by atoms with van der Waals surface area (Å²) in [5.41, 5.74) is 0.120. The van der Waals surface area contributed by atoms with Crippen molar-refractivity contribution in [2.75, 3.05) is 18.0 Å². The molecule has 0 radical (unpaired) electrons. The van der Waals surface area contributed by atoms with Gasteiger partial charge in [0, 0.05) is 27.3 Å². The second kappa shape index (κ2) is 5.52. The van der Waals surface area contributed by atoms with E-state index in [1.807, 2.05) is 0 Å². The number of alkyl halides is 2. The summed E-state index contributed by atoms with van der Waals surface area (Å²) < 4.78 is 34.2. The molecule has 0 unspecified atom stereocenters. The lowest BCUT2D eigenvalue weighted by molar-refractivity contribution is -0.0102. The fraction of sp³-hybridized carbons (Fsp3) is 0.538. The molecule has 2 heterocycles. The number of carboxylic acids is 1. The molecular weight excluding hydrogens is 290 g/mol. The van der Waals surface area contributed by atoms with Gasteiger partial charge < -0.3 is 10.0 Å². The van der Waals surface area contributed by atoms with E-state index >= 15 is 0 Å². The molecule has 20 heavy (non-hydrogen) atoms. The van der Waals surface area contributed by atoms with Gasteiger partial charge in [-0.15, -0.1) is 0 Å². The number of carbonyl (C=O) groups is 1. The summed E-state index contributed by atoms with van der Waals surface area (Å²) in [5.74, 6) is -3.83. The minimum absolute atomic E-state index is 0.0271. The Bertz CT molecular complexity index is 557. The number of aromatic carboxylic acids is 1. The van der Waals surface area contributed by atoms with E-state index in [1.54, 1.807) is 4.90 Å². The molecule has 0 saturated carbocycles. The summed E-state index contributed by atoms with van der Waals surface area (Å²) >= 11 is 5.88. The first-order valence-corrected chi connectivity index (χ1v) is 6.56. The van der Waals surface area contributed by atoms with E-state index < -0.39 is 11.9 Å². The highest BCUT2D eigenvalue weighted by Crippen LogP contribution is 2.31. The van der Waals surface area contributed by atoms with Crippen LogP contribution in [-0.4, -0.2) is 35.1 Å². The van der Waals surface area contributed by atoms with Gasteiger partial charge in [0.05, 0.1) is 10.7 Å². The van der Waals surface area contributed by atoms with Crippen LogP contribution in [-0.2, 0) is 0 Å². The maximum absolute atomic E-state index is 13.4. The largest absolute Gasteiger partial charge is 0.478 e. The summed E-state index contributed by atoms with van der Waals surface area (Å²) in [7, 11) is 0. The Balaban J connectivity index is 2.39. The van der Waals surface area contributed by atoms with Crippen LogP contribution in [0, 0.1) is 6.90 Å². The fourth-order valence-corrected chi connectivity index (χ4v) is 2.34. The molecule has 2 rings (SSSR count). The van der Waals surface area contributed by atoms with Gasteiger partial charge in [0.1, 0.15) is 11.4 Å². The van der Waals surface area contributed by atoms with Crippen LogP contribution < -0.4 is 4.90 Å². The van der Waals surface area contributed by atoms with Crippen molar-refractivity contribution >= 4 is 23.4 Å². The third-order valence-corrected chi connectivity index (χ3v) is 3.60. The summed E-state index contributed by atoms with van der Waals surface area (Å²) in [5, 5.41) is 9.34. The molecule has 0 aromatic carbocycles. The molecule has 0 spiro atoms. The molecule has 1 aromatic heterocycles. The van der Waals surface area contributed by atoms with E-state index in [1.165, 1.54) is 6.07 Å². The molecule has 1 saturated heterocycles.